The van der Waals surface area contributed by atoms with E-state index in [2.05, 4.69) is 9.99 Å². The summed E-state index contributed by atoms with van der Waals surface area (Å²) in [6.45, 7) is 5.15. The third kappa shape index (κ3) is 3.83. The second kappa shape index (κ2) is 6.27. The third-order valence-electron chi connectivity index (χ3n) is 2.75. The normalized spacial score (nSPS) is 11.8. The van der Waals surface area contributed by atoms with Gasteiger partial charge in [-0.05, 0) is 31.5 Å². The quantitative estimate of drug-likeness (QED) is 0.363. The summed E-state index contributed by atoms with van der Waals surface area (Å²) in [5.74, 6) is 0. The fraction of sp³-hybridized carbons (Fsp3) is 0.235. The van der Waals surface area contributed by atoms with Gasteiger partial charge in [0, 0.05) is 5.56 Å². The van der Waals surface area contributed by atoms with E-state index < -0.39 is 11.8 Å². The average Bonchev–Trinajstić information content (AvgIpc) is 2.46. The molecule has 0 radical (unpaired) electrons. The van der Waals surface area contributed by atoms with E-state index in [1.807, 2.05) is 42.5 Å². The summed E-state index contributed by atoms with van der Waals surface area (Å²) in [5, 5.41) is 14.7. The summed E-state index contributed by atoms with van der Waals surface area (Å²) in [6, 6.07) is 15.0. The summed E-state index contributed by atoms with van der Waals surface area (Å²) >= 11 is 0. The van der Waals surface area contributed by atoms with Crippen molar-refractivity contribution in [2.45, 2.75) is 26.4 Å². The number of fused-ring (bicyclic) bond motifs is 1. The third-order valence-corrected chi connectivity index (χ3v) is 2.75. The molecule has 0 aliphatic rings. The van der Waals surface area contributed by atoms with E-state index in [4.69, 9.17) is 4.74 Å². The van der Waals surface area contributed by atoms with Crippen LogP contribution in [0.25, 0.3) is 10.8 Å². The molecule has 0 amide bonds. The largest absolute Gasteiger partial charge is 0.535 e. The van der Waals surface area contributed by atoms with Crippen LogP contribution in [0.2, 0.25) is 0 Å². The van der Waals surface area contributed by atoms with Gasteiger partial charge in [0.2, 0.25) is 0 Å². The van der Waals surface area contributed by atoms with Gasteiger partial charge in [-0.3, -0.25) is 4.84 Å². The number of nitrogens with zero attached hydrogens (tertiary/aromatic N) is 2. The van der Waals surface area contributed by atoms with Gasteiger partial charge in [0.1, 0.15) is 11.7 Å². The Morgan fingerprint density at radius 2 is 1.82 bits per heavy atom. The molecule has 0 saturated heterocycles. The molecule has 0 unspecified atom stereocenters. The van der Waals surface area contributed by atoms with Crippen LogP contribution < -0.4 is 0 Å². The Kier molecular flexibility index (Phi) is 4.42. The fourth-order valence-electron chi connectivity index (χ4n) is 1.91. The molecule has 0 heterocycles. The number of carbonyl (C=O) groups is 1. The number of carbonyl (C=O) groups excluding carboxylic acids is 1. The molecule has 0 spiro atoms. The van der Waals surface area contributed by atoms with Crippen molar-refractivity contribution in [2.24, 2.45) is 5.16 Å². The summed E-state index contributed by atoms with van der Waals surface area (Å²) in [7, 11) is 0. The lowest BCUT2D eigenvalue weighted by atomic mass is 10.0. The number of nitriles is 1. The molecule has 0 bridgehead atoms. The first-order chi connectivity index (χ1) is 10.4. The molecule has 5 nitrogen and oxygen atoms in total. The van der Waals surface area contributed by atoms with Crippen LogP contribution >= 0.6 is 0 Å². The average molecular weight is 296 g/mol. The highest BCUT2D eigenvalue weighted by atomic mass is 16.8. The SMILES string of the molecule is CC(C)(C)OC(=O)ON=C(C#N)c1cccc2ccccc12. The Balaban J connectivity index is 2.30. The standard InChI is InChI=1S/C17H16N2O3/c1-17(2,3)21-16(20)22-19-15(11-18)14-10-6-8-12-7-4-5-9-13(12)14/h4-10H,1-3H3. The maximum absolute atomic E-state index is 11.5. The molecular formula is C17H16N2O3. The van der Waals surface area contributed by atoms with Crippen LogP contribution in [0, 0.1) is 11.3 Å². The number of benzene rings is 2. The highest BCUT2D eigenvalue weighted by molar-refractivity contribution is 6.18. The number of hydrogen-bond acceptors (Lipinski definition) is 5. The number of hydrogen-bond donors (Lipinski definition) is 0. The molecule has 0 aliphatic heterocycles. The molecule has 0 N–H and O–H groups in total. The van der Waals surface area contributed by atoms with Gasteiger partial charge in [-0.2, -0.15) is 5.26 Å². The van der Waals surface area contributed by atoms with Crippen molar-refractivity contribution in [3.8, 4) is 6.07 Å². The van der Waals surface area contributed by atoms with Crippen LogP contribution in [0.4, 0.5) is 4.79 Å². The van der Waals surface area contributed by atoms with E-state index in [1.54, 1.807) is 26.8 Å². The monoisotopic (exact) mass is 296 g/mol. The molecule has 2 aromatic carbocycles. The van der Waals surface area contributed by atoms with Gasteiger partial charge in [-0.1, -0.05) is 47.6 Å². The molecule has 0 atom stereocenters. The van der Waals surface area contributed by atoms with Crippen molar-refractivity contribution < 1.29 is 14.4 Å². The molecule has 0 aliphatic carbocycles. The molecule has 5 heteroatoms. The van der Waals surface area contributed by atoms with Gasteiger partial charge < -0.3 is 4.74 Å². The summed E-state index contributed by atoms with van der Waals surface area (Å²) < 4.78 is 4.98. The van der Waals surface area contributed by atoms with Crippen LogP contribution in [0.1, 0.15) is 26.3 Å². The number of rotatable bonds is 2. The molecule has 0 saturated carbocycles. The maximum Gasteiger partial charge on any atom is 0.535 e. The zero-order valence-electron chi connectivity index (χ0n) is 12.7. The lowest BCUT2D eigenvalue weighted by molar-refractivity contribution is -0.00609. The highest BCUT2D eigenvalue weighted by Crippen LogP contribution is 2.19. The molecule has 112 valence electrons. The molecule has 2 rings (SSSR count). The van der Waals surface area contributed by atoms with Crippen molar-refractivity contribution in [3.63, 3.8) is 0 Å². The molecule has 22 heavy (non-hydrogen) atoms. The first-order valence-corrected chi connectivity index (χ1v) is 6.77. The molecule has 2 aromatic rings. The minimum absolute atomic E-state index is 0.0164. The summed E-state index contributed by atoms with van der Waals surface area (Å²) in [4.78, 5) is 16.2. The number of oxime groups is 1. The van der Waals surface area contributed by atoms with Crippen molar-refractivity contribution in [1.29, 1.82) is 5.26 Å². The van der Waals surface area contributed by atoms with E-state index in [0.29, 0.717) is 5.56 Å². The fourth-order valence-corrected chi connectivity index (χ4v) is 1.91. The van der Waals surface area contributed by atoms with Crippen molar-refractivity contribution >= 4 is 22.6 Å². The Morgan fingerprint density at radius 3 is 2.50 bits per heavy atom. The van der Waals surface area contributed by atoms with Crippen LogP contribution in [-0.2, 0) is 9.57 Å². The Morgan fingerprint density at radius 1 is 1.14 bits per heavy atom. The Hall–Kier alpha value is -2.87. The van der Waals surface area contributed by atoms with Gasteiger partial charge in [-0.15, -0.1) is 0 Å². The predicted octanol–water partition coefficient (Wildman–Crippen LogP) is 4.02. The van der Waals surface area contributed by atoms with Crippen LogP contribution in [0.3, 0.4) is 0 Å². The first-order valence-electron chi connectivity index (χ1n) is 6.77. The smallest absolute Gasteiger partial charge is 0.427 e. The zero-order chi connectivity index (χ0) is 16.2. The van der Waals surface area contributed by atoms with Crippen molar-refractivity contribution in [3.05, 3.63) is 48.0 Å². The lowest BCUT2D eigenvalue weighted by Gasteiger charge is -2.17. The van der Waals surface area contributed by atoms with Crippen LogP contribution in [-0.4, -0.2) is 17.5 Å². The Bertz CT molecular complexity index is 762. The lowest BCUT2D eigenvalue weighted by Crippen LogP contribution is -2.23. The van der Waals surface area contributed by atoms with E-state index in [-0.39, 0.29) is 5.71 Å². The zero-order valence-corrected chi connectivity index (χ0v) is 12.7. The molecular weight excluding hydrogens is 280 g/mol. The van der Waals surface area contributed by atoms with E-state index in [9.17, 15) is 10.1 Å². The van der Waals surface area contributed by atoms with Gasteiger partial charge >= 0.3 is 6.16 Å². The topological polar surface area (TPSA) is 71.7 Å². The summed E-state index contributed by atoms with van der Waals surface area (Å²) in [5.41, 5.74) is -0.0643. The Labute approximate surface area is 128 Å². The van der Waals surface area contributed by atoms with Gasteiger partial charge in [0.05, 0.1) is 0 Å². The molecule has 0 aromatic heterocycles. The van der Waals surface area contributed by atoms with E-state index in [1.165, 1.54) is 0 Å². The highest BCUT2D eigenvalue weighted by Gasteiger charge is 2.18. The van der Waals surface area contributed by atoms with Gasteiger partial charge in [0.15, 0.2) is 5.71 Å². The minimum atomic E-state index is -0.944. The minimum Gasteiger partial charge on any atom is -0.427 e. The summed E-state index contributed by atoms with van der Waals surface area (Å²) in [6.07, 6.45) is -0.944. The first kappa shape index (κ1) is 15.5. The second-order valence-corrected chi connectivity index (χ2v) is 5.63. The molecule has 0 fully saturated rings. The maximum atomic E-state index is 11.5. The predicted molar refractivity (Wildman–Crippen MR) is 83.4 cm³/mol. The van der Waals surface area contributed by atoms with E-state index in [0.717, 1.165) is 10.8 Å². The van der Waals surface area contributed by atoms with Crippen molar-refractivity contribution in [2.75, 3.05) is 0 Å². The van der Waals surface area contributed by atoms with Crippen molar-refractivity contribution in [1.82, 2.24) is 0 Å². The van der Waals surface area contributed by atoms with Crippen LogP contribution in [0.5, 0.6) is 0 Å². The van der Waals surface area contributed by atoms with Gasteiger partial charge in [-0.25, -0.2) is 4.79 Å². The van der Waals surface area contributed by atoms with Gasteiger partial charge in [0.25, 0.3) is 0 Å². The van der Waals surface area contributed by atoms with E-state index >= 15 is 0 Å². The van der Waals surface area contributed by atoms with Crippen LogP contribution in [0.15, 0.2) is 47.6 Å². The number of ether oxygens (including phenoxy) is 1. The second-order valence-electron chi connectivity index (χ2n) is 5.63.